The van der Waals surface area contributed by atoms with Crippen LogP contribution in [0, 0.1) is 0 Å². The predicted molar refractivity (Wildman–Crippen MR) is 65.1 cm³/mol. The highest BCUT2D eigenvalue weighted by molar-refractivity contribution is 7.66. The zero-order valence-corrected chi connectivity index (χ0v) is 10.9. The van der Waals surface area contributed by atoms with Gasteiger partial charge in [0.05, 0.1) is 0 Å². The third-order valence-corrected chi connectivity index (χ3v) is 7.71. The minimum Gasteiger partial charge on any atom is -0.326 e. The van der Waals surface area contributed by atoms with Gasteiger partial charge in [0.2, 0.25) is 0 Å². The van der Waals surface area contributed by atoms with Gasteiger partial charge in [-0.1, -0.05) is 0 Å². The number of nitrogens with zero attached hydrogens (tertiary/aromatic N) is 2. The van der Waals surface area contributed by atoms with Crippen LogP contribution in [0.4, 0.5) is 0 Å². The Kier molecular flexibility index (Phi) is 2.97. The SMILES string of the molecule is CC1OC1[P+](O)(N1CCCC1)N1CCCC1. The normalized spacial score (nSPS) is 37.1. The van der Waals surface area contributed by atoms with Crippen LogP contribution in [-0.4, -0.2) is 52.4 Å². The van der Waals surface area contributed by atoms with Crippen molar-refractivity contribution in [1.82, 2.24) is 9.34 Å². The van der Waals surface area contributed by atoms with Gasteiger partial charge in [-0.15, -0.1) is 9.34 Å². The Bertz CT molecular complexity index is 249. The molecule has 0 aliphatic carbocycles. The summed E-state index contributed by atoms with van der Waals surface area (Å²) in [6, 6.07) is 0. The predicted octanol–water partition coefficient (Wildman–Crippen LogP) is 1.68. The fourth-order valence-electron chi connectivity index (χ4n) is 3.03. The summed E-state index contributed by atoms with van der Waals surface area (Å²) >= 11 is 0. The molecule has 0 amide bonds. The molecule has 0 radical (unpaired) electrons. The highest BCUT2D eigenvalue weighted by Gasteiger charge is 2.67. The highest BCUT2D eigenvalue weighted by atomic mass is 31.2. The first kappa shape index (κ1) is 11.4. The average Bonchev–Trinajstić information content (AvgIpc) is 2.86. The lowest BCUT2D eigenvalue weighted by Gasteiger charge is -2.32. The fraction of sp³-hybridized carbons (Fsp3) is 1.00. The molecule has 2 unspecified atom stereocenters. The van der Waals surface area contributed by atoms with E-state index in [4.69, 9.17) is 4.74 Å². The molecule has 92 valence electrons. The molecule has 2 atom stereocenters. The zero-order valence-electron chi connectivity index (χ0n) is 10.0. The van der Waals surface area contributed by atoms with Crippen molar-refractivity contribution in [1.29, 1.82) is 0 Å². The molecule has 0 aromatic heterocycles. The molecule has 16 heavy (non-hydrogen) atoms. The summed E-state index contributed by atoms with van der Waals surface area (Å²) in [5, 5.41) is 0. The van der Waals surface area contributed by atoms with Crippen LogP contribution in [0.2, 0.25) is 0 Å². The quantitative estimate of drug-likeness (QED) is 0.606. The molecule has 3 heterocycles. The molecule has 3 aliphatic rings. The van der Waals surface area contributed by atoms with Gasteiger partial charge in [0.1, 0.15) is 6.10 Å². The summed E-state index contributed by atoms with van der Waals surface area (Å²) in [5.41, 5.74) is 0. The van der Waals surface area contributed by atoms with E-state index in [2.05, 4.69) is 16.3 Å². The molecule has 0 bridgehead atoms. The van der Waals surface area contributed by atoms with Crippen LogP contribution in [-0.2, 0) is 4.74 Å². The summed E-state index contributed by atoms with van der Waals surface area (Å²) < 4.78 is 10.3. The molecule has 1 N–H and O–H groups in total. The molecule has 3 rings (SSSR count). The molecule has 0 aromatic rings. The third-order valence-electron chi connectivity index (χ3n) is 4.02. The second kappa shape index (κ2) is 4.18. The van der Waals surface area contributed by atoms with E-state index in [0.717, 1.165) is 26.2 Å². The maximum Gasteiger partial charge on any atom is 0.318 e. The van der Waals surface area contributed by atoms with E-state index in [1.165, 1.54) is 25.7 Å². The molecular formula is C11H22N2O2P+. The fourth-order valence-corrected chi connectivity index (χ4v) is 6.69. The second-order valence-electron chi connectivity index (χ2n) is 5.17. The molecule has 0 spiro atoms. The Hall–Kier alpha value is 0.270. The van der Waals surface area contributed by atoms with E-state index in [1.807, 2.05) is 0 Å². The first-order valence-corrected chi connectivity index (χ1v) is 8.22. The van der Waals surface area contributed by atoms with Crippen molar-refractivity contribution in [3.63, 3.8) is 0 Å². The lowest BCUT2D eigenvalue weighted by molar-refractivity contribution is 0.325. The van der Waals surface area contributed by atoms with E-state index < -0.39 is 7.79 Å². The summed E-state index contributed by atoms with van der Waals surface area (Å²) in [6.07, 6.45) is 5.20. The number of rotatable bonds is 3. The summed E-state index contributed by atoms with van der Waals surface area (Å²) in [6.45, 7) is 6.34. The number of ether oxygens (including phenoxy) is 1. The smallest absolute Gasteiger partial charge is 0.318 e. The summed E-state index contributed by atoms with van der Waals surface area (Å²) in [5.74, 6) is 0.115. The molecular weight excluding hydrogens is 223 g/mol. The Labute approximate surface area is 98.1 Å². The maximum absolute atomic E-state index is 11.2. The Morgan fingerprint density at radius 3 is 1.69 bits per heavy atom. The van der Waals surface area contributed by atoms with Crippen LogP contribution < -0.4 is 0 Å². The molecule has 4 nitrogen and oxygen atoms in total. The maximum atomic E-state index is 11.2. The first-order chi connectivity index (χ1) is 7.73. The second-order valence-corrected chi connectivity index (χ2v) is 8.04. The van der Waals surface area contributed by atoms with Crippen LogP contribution in [0.1, 0.15) is 32.6 Å². The highest BCUT2D eigenvalue weighted by Crippen LogP contribution is 2.72. The van der Waals surface area contributed by atoms with Crippen molar-refractivity contribution in [2.45, 2.75) is 44.6 Å². The lowest BCUT2D eigenvalue weighted by atomic mass is 10.4. The molecule has 3 saturated heterocycles. The van der Waals surface area contributed by atoms with E-state index >= 15 is 0 Å². The van der Waals surface area contributed by atoms with Crippen LogP contribution >= 0.6 is 7.79 Å². The summed E-state index contributed by atoms with van der Waals surface area (Å²) in [7, 11) is -2.14. The van der Waals surface area contributed by atoms with Gasteiger partial charge in [0, 0.05) is 26.2 Å². The average molecular weight is 245 g/mol. The summed E-state index contributed by atoms with van der Waals surface area (Å²) in [4.78, 5) is 11.2. The van der Waals surface area contributed by atoms with Crippen LogP contribution in [0.15, 0.2) is 0 Å². The van der Waals surface area contributed by atoms with Crippen molar-refractivity contribution in [2.24, 2.45) is 0 Å². The zero-order chi connectivity index (χ0) is 11.2. The number of epoxide rings is 1. The van der Waals surface area contributed by atoms with E-state index in [0.29, 0.717) is 0 Å². The van der Waals surface area contributed by atoms with Gasteiger partial charge in [0.15, 0.2) is 0 Å². The minimum absolute atomic E-state index is 0.115. The largest absolute Gasteiger partial charge is 0.326 e. The molecule has 0 saturated carbocycles. The van der Waals surface area contributed by atoms with E-state index in [9.17, 15) is 4.89 Å². The lowest BCUT2D eigenvalue weighted by Crippen LogP contribution is -2.36. The van der Waals surface area contributed by atoms with Gasteiger partial charge in [0.25, 0.3) is 5.85 Å². The topological polar surface area (TPSA) is 39.2 Å². The Morgan fingerprint density at radius 1 is 1.00 bits per heavy atom. The van der Waals surface area contributed by atoms with E-state index in [-0.39, 0.29) is 11.9 Å². The molecule has 0 aromatic carbocycles. The van der Waals surface area contributed by atoms with Gasteiger partial charge in [-0.2, -0.15) is 0 Å². The van der Waals surface area contributed by atoms with E-state index in [1.54, 1.807) is 0 Å². The molecule has 5 heteroatoms. The molecule has 3 aliphatic heterocycles. The molecule has 3 fully saturated rings. The Morgan fingerprint density at radius 2 is 1.38 bits per heavy atom. The first-order valence-electron chi connectivity index (χ1n) is 6.51. The van der Waals surface area contributed by atoms with Gasteiger partial charge in [-0.05, 0) is 32.6 Å². The third kappa shape index (κ3) is 1.72. The van der Waals surface area contributed by atoms with Crippen molar-refractivity contribution in [3.8, 4) is 0 Å². The van der Waals surface area contributed by atoms with Crippen molar-refractivity contribution in [2.75, 3.05) is 26.2 Å². The Balaban J connectivity index is 1.81. The number of hydrogen-bond acceptors (Lipinski definition) is 4. The van der Waals surface area contributed by atoms with Gasteiger partial charge in [-0.25, -0.2) is 4.89 Å². The van der Waals surface area contributed by atoms with Crippen LogP contribution in [0.5, 0.6) is 0 Å². The van der Waals surface area contributed by atoms with Crippen LogP contribution in [0.3, 0.4) is 0 Å². The van der Waals surface area contributed by atoms with Gasteiger partial charge in [-0.3, -0.25) is 0 Å². The van der Waals surface area contributed by atoms with Crippen molar-refractivity contribution >= 4 is 7.79 Å². The van der Waals surface area contributed by atoms with Crippen molar-refractivity contribution in [3.05, 3.63) is 0 Å². The van der Waals surface area contributed by atoms with Gasteiger partial charge < -0.3 is 4.74 Å². The van der Waals surface area contributed by atoms with Crippen molar-refractivity contribution < 1.29 is 9.63 Å². The van der Waals surface area contributed by atoms with Gasteiger partial charge >= 0.3 is 7.79 Å². The monoisotopic (exact) mass is 245 g/mol. The number of hydrogen-bond donors (Lipinski definition) is 1. The standard InChI is InChI=1S/C11H22N2O2P/c1-10-11(15-10)16(14,12-6-2-3-7-12)13-8-4-5-9-13/h10-11,14H,2-9H2,1H3/q+1. The minimum atomic E-state index is -2.14. The van der Waals surface area contributed by atoms with Crippen LogP contribution in [0.25, 0.3) is 0 Å².